The van der Waals surface area contributed by atoms with Crippen molar-refractivity contribution >= 4 is 93.5 Å². The number of anilines is 9. The van der Waals surface area contributed by atoms with Crippen LogP contribution in [-0.2, 0) is 5.41 Å². The van der Waals surface area contributed by atoms with Gasteiger partial charge in [0.25, 0.3) is 0 Å². The standard InChI is InChI=1S/C71H47N3S/c1-5-22-50(23-6-1)72(51-24-7-2-8-25-51)54-40-37-49(38-41-54)61-45-56(47-68-69(61)60-43-39-48-21-13-14-30-57(48)70(60)75-68)73(52-26-9-3-10-27-52)55-42-44-67-65(46-55)71(62-33-17-15-31-58(62)59-32-16-18-34-63(59)71)64-35-19-20-36-66(64)74(67)53-28-11-4-12-29-53/h1-47H. The molecule has 0 radical (unpaired) electrons. The van der Waals surface area contributed by atoms with Gasteiger partial charge in [0.05, 0.1) is 16.8 Å². The van der Waals surface area contributed by atoms with E-state index in [9.17, 15) is 0 Å². The van der Waals surface area contributed by atoms with Crippen molar-refractivity contribution < 1.29 is 0 Å². The van der Waals surface area contributed by atoms with Gasteiger partial charge in [0, 0.05) is 60.0 Å². The molecule has 0 unspecified atom stereocenters. The largest absolute Gasteiger partial charge is 0.311 e. The SMILES string of the molecule is c1ccc(N(c2ccccc2)c2ccc(-c3cc(N(c4ccccc4)c4ccc5c(c4)C4(c6ccccc6-c6ccccc64)c4ccccc4N5c4ccccc4)cc4sc5c6ccccc6ccc5c34)cc2)cc1. The van der Waals surface area contributed by atoms with Crippen molar-refractivity contribution in [2.24, 2.45) is 0 Å². The molecule has 0 N–H and O–H groups in total. The van der Waals surface area contributed by atoms with Crippen LogP contribution in [0.1, 0.15) is 22.3 Å². The molecule has 352 valence electrons. The molecule has 4 heteroatoms. The maximum Gasteiger partial charge on any atom is 0.0755 e. The van der Waals surface area contributed by atoms with Crippen molar-refractivity contribution in [2.75, 3.05) is 14.7 Å². The molecule has 15 rings (SSSR count). The second-order valence-corrected chi connectivity index (χ2v) is 20.6. The Labute approximate surface area is 440 Å². The Morgan fingerprint density at radius 2 is 0.827 bits per heavy atom. The smallest absolute Gasteiger partial charge is 0.0755 e. The Balaban J connectivity index is 0.986. The van der Waals surface area contributed by atoms with Crippen molar-refractivity contribution in [1.29, 1.82) is 0 Å². The van der Waals surface area contributed by atoms with Crippen molar-refractivity contribution in [3.05, 3.63) is 307 Å². The molecule has 75 heavy (non-hydrogen) atoms. The third kappa shape index (κ3) is 6.67. The van der Waals surface area contributed by atoms with Gasteiger partial charge < -0.3 is 14.7 Å². The first-order valence-corrected chi connectivity index (χ1v) is 26.6. The molecule has 2 aliphatic rings. The molecule has 0 atom stereocenters. The van der Waals surface area contributed by atoms with Gasteiger partial charge in [0.1, 0.15) is 0 Å². The summed E-state index contributed by atoms with van der Waals surface area (Å²) in [5.74, 6) is 0. The quantitative estimate of drug-likeness (QED) is 0.150. The average molecular weight is 974 g/mol. The summed E-state index contributed by atoms with van der Waals surface area (Å²) in [6.45, 7) is 0. The Bertz CT molecular complexity index is 4220. The Hall–Kier alpha value is -9.48. The molecule has 3 nitrogen and oxygen atoms in total. The molecule has 0 saturated carbocycles. The number of nitrogens with zero attached hydrogens (tertiary/aromatic N) is 3. The van der Waals surface area contributed by atoms with Crippen molar-refractivity contribution in [3.8, 4) is 22.3 Å². The molecule has 1 spiro atoms. The number of hydrogen-bond acceptors (Lipinski definition) is 4. The lowest BCUT2D eigenvalue weighted by molar-refractivity contribution is 0.752. The number of benzene rings is 12. The summed E-state index contributed by atoms with van der Waals surface area (Å²) >= 11 is 1.90. The van der Waals surface area contributed by atoms with Gasteiger partial charge in [-0.05, 0) is 152 Å². The summed E-state index contributed by atoms with van der Waals surface area (Å²) in [7, 11) is 0. The molecule has 0 fully saturated rings. The molecule has 0 saturated heterocycles. The molecule has 1 aromatic heterocycles. The van der Waals surface area contributed by atoms with E-state index in [1.54, 1.807) is 0 Å². The van der Waals surface area contributed by atoms with Crippen LogP contribution < -0.4 is 14.7 Å². The molecule has 0 amide bonds. The molecule has 12 aromatic carbocycles. The minimum Gasteiger partial charge on any atom is -0.311 e. The van der Waals surface area contributed by atoms with Crippen LogP contribution in [0, 0.1) is 0 Å². The van der Waals surface area contributed by atoms with Crippen LogP contribution in [-0.4, -0.2) is 0 Å². The Morgan fingerprint density at radius 3 is 1.48 bits per heavy atom. The monoisotopic (exact) mass is 973 g/mol. The lowest BCUT2D eigenvalue weighted by Gasteiger charge is -2.45. The minimum atomic E-state index is -0.598. The summed E-state index contributed by atoms with van der Waals surface area (Å²) < 4.78 is 2.55. The predicted molar refractivity (Wildman–Crippen MR) is 317 cm³/mol. The second kappa shape index (κ2) is 17.3. The van der Waals surface area contributed by atoms with Gasteiger partial charge in [-0.3, -0.25) is 0 Å². The van der Waals surface area contributed by atoms with Crippen LogP contribution in [0.4, 0.5) is 51.2 Å². The van der Waals surface area contributed by atoms with Gasteiger partial charge in [-0.1, -0.05) is 188 Å². The normalized spacial score (nSPS) is 12.9. The Morgan fingerprint density at radius 1 is 0.320 bits per heavy atom. The molecule has 1 aliphatic carbocycles. The van der Waals surface area contributed by atoms with E-state index in [-0.39, 0.29) is 0 Å². The maximum absolute atomic E-state index is 2.51. The van der Waals surface area contributed by atoms with E-state index < -0.39 is 5.41 Å². The minimum absolute atomic E-state index is 0.598. The number of fused-ring (bicyclic) bond motifs is 14. The van der Waals surface area contributed by atoms with Crippen molar-refractivity contribution in [2.45, 2.75) is 5.41 Å². The lowest BCUT2D eigenvalue weighted by atomic mass is 9.64. The maximum atomic E-state index is 2.51. The van der Waals surface area contributed by atoms with Crippen LogP contribution in [0.3, 0.4) is 0 Å². The highest BCUT2D eigenvalue weighted by molar-refractivity contribution is 7.26. The van der Waals surface area contributed by atoms with Crippen LogP contribution in [0.5, 0.6) is 0 Å². The summed E-state index contributed by atoms with van der Waals surface area (Å²) in [4.78, 5) is 7.29. The summed E-state index contributed by atoms with van der Waals surface area (Å²) in [5.41, 5.74) is 19.5. The highest BCUT2D eigenvalue weighted by Crippen LogP contribution is 2.64. The third-order valence-electron chi connectivity index (χ3n) is 15.6. The van der Waals surface area contributed by atoms with Gasteiger partial charge in [0.15, 0.2) is 0 Å². The summed E-state index contributed by atoms with van der Waals surface area (Å²) in [6.07, 6.45) is 0. The van der Waals surface area contributed by atoms with E-state index in [1.807, 2.05) is 11.3 Å². The number of thiophene rings is 1. The van der Waals surface area contributed by atoms with Gasteiger partial charge in [-0.15, -0.1) is 11.3 Å². The van der Waals surface area contributed by atoms with Crippen LogP contribution >= 0.6 is 11.3 Å². The second-order valence-electron chi connectivity index (χ2n) is 19.6. The van der Waals surface area contributed by atoms with Crippen molar-refractivity contribution in [3.63, 3.8) is 0 Å². The molecule has 13 aromatic rings. The first-order chi connectivity index (χ1) is 37.2. The fraction of sp³-hybridized carbons (Fsp3) is 0.0141. The van der Waals surface area contributed by atoms with E-state index >= 15 is 0 Å². The van der Waals surface area contributed by atoms with E-state index in [0.717, 1.165) is 51.1 Å². The molecular weight excluding hydrogens is 927 g/mol. The highest BCUT2D eigenvalue weighted by atomic mass is 32.1. The van der Waals surface area contributed by atoms with Crippen LogP contribution in [0.2, 0.25) is 0 Å². The van der Waals surface area contributed by atoms with Crippen LogP contribution in [0.15, 0.2) is 285 Å². The van der Waals surface area contributed by atoms with E-state index in [2.05, 4.69) is 300 Å². The zero-order chi connectivity index (χ0) is 49.5. The van der Waals surface area contributed by atoms with Gasteiger partial charge in [0.2, 0.25) is 0 Å². The summed E-state index contributed by atoms with van der Waals surface area (Å²) in [6, 6.07) is 105. The van der Waals surface area contributed by atoms with Gasteiger partial charge in [-0.25, -0.2) is 0 Å². The van der Waals surface area contributed by atoms with Crippen LogP contribution in [0.25, 0.3) is 53.2 Å². The molecule has 2 heterocycles. The van der Waals surface area contributed by atoms with Crippen molar-refractivity contribution in [1.82, 2.24) is 0 Å². The van der Waals surface area contributed by atoms with Gasteiger partial charge >= 0.3 is 0 Å². The molecule has 0 bridgehead atoms. The lowest BCUT2D eigenvalue weighted by Crippen LogP contribution is -2.36. The van der Waals surface area contributed by atoms with E-state index in [0.29, 0.717) is 0 Å². The molecule has 1 aliphatic heterocycles. The third-order valence-corrected chi connectivity index (χ3v) is 16.8. The van der Waals surface area contributed by atoms with E-state index in [4.69, 9.17) is 0 Å². The molecular formula is C71H47N3S. The number of hydrogen-bond donors (Lipinski definition) is 0. The zero-order valence-corrected chi connectivity index (χ0v) is 41.7. The fourth-order valence-corrected chi connectivity index (χ4v) is 13.8. The van der Waals surface area contributed by atoms with E-state index in [1.165, 1.54) is 75.6 Å². The zero-order valence-electron chi connectivity index (χ0n) is 40.9. The highest BCUT2D eigenvalue weighted by Gasteiger charge is 2.52. The first-order valence-electron chi connectivity index (χ1n) is 25.7. The predicted octanol–water partition coefficient (Wildman–Crippen LogP) is 20.0. The topological polar surface area (TPSA) is 9.72 Å². The summed E-state index contributed by atoms with van der Waals surface area (Å²) in [5, 5.41) is 5.07. The van der Waals surface area contributed by atoms with Gasteiger partial charge in [-0.2, -0.15) is 0 Å². The first kappa shape index (κ1) is 43.1. The Kier molecular flexibility index (Phi) is 9.97. The fourth-order valence-electron chi connectivity index (χ4n) is 12.5. The number of rotatable bonds is 8. The average Bonchev–Trinajstić information content (AvgIpc) is 4.24. The number of para-hydroxylation sites is 5.